The van der Waals surface area contributed by atoms with Gasteiger partial charge in [0.15, 0.2) is 0 Å². The molecule has 0 nitrogen and oxygen atoms in total. The van der Waals surface area contributed by atoms with E-state index in [9.17, 15) is 0 Å². The Hall–Kier alpha value is -0.130. The van der Waals surface area contributed by atoms with Crippen molar-refractivity contribution >= 4 is 0 Å². The van der Waals surface area contributed by atoms with Crippen LogP contribution < -0.4 is 0 Å². The molecule has 3 atom stereocenters. The monoisotopic (exact) mass is 149 g/mol. The normalized spacial score (nSPS) is 56.5. The van der Waals surface area contributed by atoms with Crippen molar-refractivity contribution in [2.45, 2.75) is 39.5 Å². The summed E-state index contributed by atoms with van der Waals surface area (Å²) >= 11 is 0. The van der Waals surface area contributed by atoms with Crippen LogP contribution in [0.2, 0.25) is 0 Å². The quantitative estimate of drug-likeness (QED) is 0.464. The lowest BCUT2D eigenvalue weighted by atomic mass is 9.56. The first-order valence-corrected chi connectivity index (χ1v) is 4.99. The molecule has 60 valence electrons. The summed E-state index contributed by atoms with van der Waals surface area (Å²) in [6.07, 6.45) is 8.82. The highest BCUT2D eigenvalue weighted by Gasteiger charge is 2.70. The molecule has 0 aromatic carbocycles. The molecule has 0 aromatic rings. The van der Waals surface area contributed by atoms with E-state index in [1.165, 1.54) is 19.3 Å². The van der Waals surface area contributed by atoms with Crippen LogP contribution in [0.5, 0.6) is 0 Å². The molecule has 3 fully saturated rings. The van der Waals surface area contributed by atoms with Crippen molar-refractivity contribution < 1.29 is 0 Å². The first kappa shape index (κ1) is 6.39. The number of fused-ring (bicyclic) bond motifs is 1. The van der Waals surface area contributed by atoms with E-state index in [0.29, 0.717) is 5.41 Å². The first-order chi connectivity index (χ1) is 5.12. The van der Waals surface area contributed by atoms with E-state index in [1.807, 2.05) is 0 Å². The molecular formula is C11H17+. The second-order valence-electron chi connectivity index (χ2n) is 5.57. The lowest BCUT2D eigenvalue weighted by Crippen LogP contribution is -2.40. The van der Waals surface area contributed by atoms with Gasteiger partial charge in [-0.05, 0) is 33.1 Å². The van der Waals surface area contributed by atoms with Crippen molar-refractivity contribution in [1.29, 1.82) is 0 Å². The molecular weight excluding hydrogens is 132 g/mol. The van der Waals surface area contributed by atoms with Crippen molar-refractivity contribution in [2.24, 2.45) is 22.7 Å². The third kappa shape index (κ3) is 0.566. The lowest BCUT2D eigenvalue weighted by Gasteiger charge is -2.41. The predicted molar refractivity (Wildman–Crippen MR) is 46.0 cm³/mol. The zero-order valence-corrected chi connectivity index (χ0v) is 7.56. The molecule has 2 bridgehead atoms. The molecule has 0 heterocycles. The van der Waals surface area contributed by atoms with Crippen LogP contribution in [0.4, 0.5) is 0 Å². The molecule has 0 aliphatic heterocycles. The Morgan fingerprint density at radius 2 is 2.09 bits per heavy atom. The molecule has 0 N–H and O–H groups in total. The standard InChI is InChI=1S/C11H17/c1-10(2)7-11-4-3-8(11)5-9(10)6-11/h7-9H,3-6H2,1-2H3/q+1/t8-,9-,11-/m1/s1. The number of hydrogen-bond acceptors (Lipinski definition) is 0. The van der Waals surface area contributed by atoms with Crippen molar-refractivity contribution in [3.63, 3.8) is 0 Å². The summed E-state index contributed by atoms with van der Waals surface area (Å²) in [7, 11) is 0. The van der Waals surface area contributed by atoms with Gasteiger partial charge in [0.25, 0.3) is 0 Å². The van der Waals surface area contributed by atoms with E-state index in [-0.39, 0.29) is 0 Å². The Morgan fingerprint density at radius 3 is 2.45 bits per heavy atom. The molecule has 3 aliphatic carbocycles. The van der Waals surface area contributed by atoms with E-state index >= 15 is 0 Å². The summed E-state index contributed by atoms with van der Waals surface area (Å²) in [4.78, 5) is 0. The SMILES string of the molecule is CC1(C)[CH+][C@]23CC[C@@H]2C[C@@H]1C3. The molecule has 0 unspecified atom stereocenters. The summed E-state index contributed by atoms with van der Waals surface area (Å²) in [6, 6.07) is 0. The van der Waals surface area contributed by atoms with Crippen LogP contribution >= 0.6 is 0 Å². The maximum absolute atomic E-state index is 2.70. The average Bonchev–Trinajstić information content (AvgIpc) is 2.26. The summed E-state index contributed by atoms with van der Waals surface area (Å²) < 4.78 is 0. The average molecular weight is 149 g/mol. The van der Waals surface area contributed by atoms with Crippen LogP contribution in [-0.2, 0) is 0 Å². The Labute approximate surface area is 69.4 Å². The fraction of sp³-hybridized carbons (Fsp3) is 0.909. The third-order valence-corrected chi connectivity index (χ3v) is 4.68. The van der Waals surface area contributed by atoms with E-state index in [2.05, 4.69) is 20.3 Å². The van der Waals surface area contributed by atoms with Gasteiger partial charge in [-0.1, -0.05) is 0 Å². The van der Waals surface area contributed by atoms with Gasteiger partial charge in [-0.2, -0.15) is 0 Å². The minimum absolute atomic E-state index is 0.580. The molecule has 0 aromatic heterocycles. The Balaban J connectivity index is 1.97. The second kappa shape index (κ2) is 1.48. The highest BCUT2D eigenvalue weighted by Crippen LogP contribution is 2.72. The molecule has 1 spiro atoms. The highest BCUT2D eigenvalue weighted by molar-refractivity contribution is 5.22. The predicted octanol–water partition coefficient (Wildman–Crippen LogP) is 3.04. The smallest absolute Gasteiger partial charge is 0.0412 e. The molecule has 3 aliphatic rings. The number of rotatable bonds is 0. The highest BCUT2D eigenvalue weighted by atomic mass is 14.7. The van der Waals surface area contributed by atoms with Gasteiger partial charge in [0.1, 0.15) is 10.8 Å². The zero-order chi connectivity index (χ0) is 7.69. The van der Waals surface area contributed by atoms with E-state index in [0.717, 1.165) is 17.3 Å². The minimum atomic E-state index is 0.580. The molecule has 0 heteroatoms. The topological polar surface area (TPSA) is 0 Å². The fourth-order valence-electron chi connectivity index (χ4n) is 3.90. The molecule has 3 saturated carbocycles. The molecule has 0 amide bonds. The Kier molecular flexibility index (Phi) is 0.863. The van der Waals surface area contributed by atoms with Gasteiger partial charge >= 0.3 is 0 Å². The van der Waals surface area contributed by atoms with Crippen molar-refractivity contribution in [2.75, 3.05) is 0 Å². The Bertz CT molecular complexity index is 204. The Morgan fingerprint density at radius 1 is 1.27 bits per heavy atom. The third-order valence-electron chi connectivity index (χ3n) is 4.68. The van der Waals surface area contributed by atoms with Crippen LogP contribution in [-0.4, -0.2) is 0 Å². The summed E-state index contributed by atoms with van der Waals surface area (Å²) in [5.74, 6) is 2.15. The van der Waals surface area contributed by atoms with E-state index in [1.54, 1.807) is 6.42 Å². The van der Waals surface area contributed by atoms with Gasteiger partial charge in [-0.15, -0.1) is 0 Å². The first-order valence-electron chi connectivity index (χ1n) is 4.99. The summed E-state index contributed by atoms with van der Waals surface area (Å²) in [6.45, 7) is 4.86. The second-order valence-corrected chi connectivity index (χ2v) is 5.57. The maximum atomic E-state index is 2.70. The molecule has 11 heavy (non-hydrogen) atoms. The van der Waals surface area contributed by atoms with E-state index < -0.39 is 0 Å². The fourth-order valence-corrected chi connectivity index (χ4v) is 3.90. The molecule has 0 saturated heterocycles. The van der Waals surface area contributed by atoms with Gasteiger partial charge in [0, 0.05) is 18.3 Å². The van der Waals surface area contributed by atoms with Gasteiger partial charge in [0.2, 0.25) is 0 Å². The zero-order valence-electron chi connectivity index (χ0n) is 7.56. The number of hydrogen-bond donors (Lipinski definition) is 0. The lowest BCUT2D eigenvalue weighted by molar-refractivity contribution is 0.0745. The van der Waals surface area contributed by atoms with Crippen LogP contribution in [0, 0.1) is 29.1 Å². The van der Waals surface area contributed by atoms with Crippen LogP contribution in [0.15, 0.2) is 0 Å². The van der Waals surface area contributed by atoms with Crippen molar-refractivity contribution in [3.8, 4) is 0 Å². The summed E-state index contributed by atoms with van der Waals surface area (Å²) in [5.41, 5.74) is 1.34. The van der Waals surface area contributed by atoms with Crippen LogP contribution in [0.1, 0.15) is 39.5 Å². The largest absolute Gasteiger partial charge is 0.112 e. The minimum Gasteiger partial charge on any atom is -0.0412 e. The van der Waals surface area contributed by atoms with Gasteiger partial charge in [0.05, 0.1) is 6.42 Å². The van der Waals surface area contributed by atoms with Crippen LogP contribution in [0.25, 0.3) is 0 Å². The van der Waals surface area contributed by atoms with Crippen molar-refractivity contribution in [1.82, 2.24) is 0 Å². The van der Waals surface area contributed by atoms with Crippen molar-refractivity contribution in [3.05, 3.63) is 6.42 Å². The van der Waals surface area contributed by atoms with Gasteiger partial charge < -0.3 is 0 Å². The van der Waals surface area contributed by atoms with Gasteiger partial charge in [-0.3, -0.25) is 0 Å². The van der Waals surface area contributed by atoms with Crippen LogP contribution in [0.3, 0.4) is 0 Å². The molecule has 0 radical (unpaired) electrons. The van der Waals surface area contributed by atoms with Gasteiger partial charge in [-0.25, -0.2) is 0 Å². The van der Waals surface area contributed by atoms with E-state index in [4.69, 9.17) is 0 Å². The maximum Gasteiger partial charge on any atom is 0.112 e. The molecule has 3 rings (SSSR count). The summed E-state index contributed by atoms with van der Waals surface area (Å²) in [5, 5.41) is 0.